The minimum absolute atomic E-state index is 0.347. The van der Waals surface area contributed by atoms with Crippen LogP contribution in [0.5, 0.6) is 0 Å². The summed E-state index contributed by atoms with van der Waals surface area (Å²) in [5, 5.41) is 8.28. The monoisotopic (exact) mass is 255 g/mol. The molecular formula is C16H17NO2. The van der Waals surface area contributed by atoms with Crippen LogP contribution in [-0.4, -0.2) is 13.1 Å². The Balaban J connectivity index is 0.000000399. The average Bonchev–Trinajstić information content (AvgIpc) is 2.45. The van der Waals surface area contributed by atoms with Crippen molar-refractivity contribution in [2.24, 2.45) is 0 Å². The van der Waals surface area contributed by atoms with Gasteiger partial charge in [0, 0.05) is 11.6 Å². The van der Waals surface area contributed by atoms with Crippen LogP contribution in [0.3, 0.4) is 0 Å². The molecule has 1 aromatic carbocycles. The molecule has 0 spiro atoms. The summed E-state index contributed by atoms with van der Waals surface area (Å²) in [6.45, 7) is 8.61. The third-order valence-electron chi connectivity index (χ3n) is 2.06. The Morgan fingerprint density at radius 3 is 2.16 bits per heavy atom. The van der Waals surface area contributed by atoms with E-state index in [1.54, 1.807) is 19.1 Å². The number of methoxy groups -OCH3 is 1. The standard InChI is InChI=1S/C11H9N.C5H8O2/c1-2-10-5-7-11(8-6-10)4-3-9-12;1-4(2)5(6)7-3/h2-8H,1H2;1H2,2-3H3. The average molecular weight is 255 g/mol. The van der Waals surface area contributed by atoms with E-state index < -0.39 is 0 Å². The second-order valence-electron chi connectivity index (χ2n) is 3.61. The van der Waals surface area contributed by atoms with E-state index in [0.717, 1.165) is 11.1 Å². The zero-order chi connectivity index (χ0) is 14.7. The van der Waals surface area contributed by atoms with Crippen molar-refractivity contribution in [3.05, 3.63) is 60.2 Å². The lowest BCUT2D eigenvalue weighted by atomic mass is 10.1. The van der Waals surface area contributed by atoms with Gasteiger partial charge in [-0.1, -0.05) is 43.5 Å². The molecule has 0 radical (unpaired) electrons. The van der Waals surface area contributed by atoms with E-state index in [-0.39, 0.29) is 5.97 Å². The molecule has 0 saturated heterocycles. The fourth-order valence-electron chi connectivity index (χ4n) is 1.05. The molecule has 0 amide bonds. The molecule has 0 saturated carbocycles. The number of nitriles is 1. The van der Waals surface area contributed by atoms with Crippen LogP contribution in [0.25, 0.3) is 12.2 Å². The van der Waals surface area contributed by atoms with Crippen LogP contribution < -0.4 is 0 Å². The normalized spacial score (nSPS) is 8.89. The molecule has 3 heteroatoms. The SMILES string of the molecule is C=C(C)C(=O)OC.C=Cc1ccc(C=CC#N)cc1. The number of hydrogen-bond acceptors (Lipinski definition) is 3. The predicted octanol–water partition coefficient (Wildman–Crippen LogP) is 3.60. The minimum Gasteiger partial charge on any atom is -0.466 e. The van der Waals surface area contributed by atoms with Gasteiger partial charge >= 0.3 is 5.97 Å². The van der Waals surface area contributed by atoms with Gasteiger partial charge in [0.15, 0.2) is 0 Å². The van der Waals surface area contributed by atoms with Crippen molar-refractivity contribution in [3.63, 3.8) is 0 Å². The first-order chi connectivity index (χ1) is 9.04. The van der Waals surface area contributed by atoms with Crippen molar-refractivity contribution >= 4 is 18.1 Å². The molecule has 19 heavy (non-hydrogen) atoms. The van der Waals surface area contributed by atoms with Gasteiger partial charge in [-0.25, -0.2) is 4.79 Å². The number of esters is 1. The van der Waals surface area contributed by atoms with E-state index in [9.17, 15) is 4.79 Å². The van der Waals surface area contributed by atoms with Crippen LogP contribution in [0.4, 0.5) is 0 Å². The number of allylic oxidation sites excluding steroid dienone is 1. The van der Waals surface area contributed by atoms with Crippen molar-refractivity contribution in [3.8, 4) is 6.07 Å². The Morgan fingerprint density at radius 1 is 1.32 bits per heavy atom. The zero-order valence-corrected chi connectivity index (χ0v) is 11.2. The Kier molecular flexibility index (Phi) is 8.14. The van der Waals surface area contributed by atoms with E-state index in [4.69, 9.17) is 5.26 Å². The molecule has 0 atom stereocenters. The molecule has 0 heterocycles. The van der Waals surface area contributed by atoms with Crippen LogP contribution in [-0.2, 0) is 9.53 Å². The number of ether oxygens (including phenoxy) is 1. The van der Waals surface area contributed by atoms with Crippen LogP contribution >= 0.6 is 0 Å². The van der Waals surface area contributed by atoms with Crippen molar-refractivity contribution in [1.29, 1.82) is 5.26 Å². The first-order valence-electron chi connectivity index (χ1n) is 5.57. The maximum atomic E-state index is 10.2. The summed E-state index contributed by atoms with van der Waals surface area (Å²) in [5.41, 5.74) is 2.55. The summed E-state index contributed by atoms with van der Waals surface area (Å²) < 4.78 is 4.27. The Labute approximate surface area is 114 Å². The maximum Gasteiger partial charge on any atom is 0.332 e. The van der Waals surface area contributed by atoms with Crippen molar-refractivity contribution in [2.45, 2.75) is 6.92 Å². The lowest BCUT2D eigenvalue weighted by Crippen LogP contribution is -1.98. The van der Waals surface area contributed by atoms with Crippen LogP contribution in [0, 0.1) is 11.3 Å². The van der Waals surface area contributed by atoms with Crippen LogP contribution in [0.15, 0.2) is 49.1 Å². The van der Waals surface area contributed by atoms with Crippen molar-refractivity contribution in [1.82, 2.24) is 0 Å². The summed E-state index contributed by atoms with van der Waals surface area (Å²) >= 11 is 0. The summed E-state index contributed by atoms with van der Waals surface area (Å²) in [4.78, 5) is 10.2. The highest BCUT2D eigenvalue weighted by Crippen LogP contribution is 2.06. The fourth-order valence-corrected chi connectivity index (χ4v) is 1.05. The molecule has 98 valence electrons. The van der Waals surface area contributed by atoms with E-state index in [1.807, 2.05) is 30.3 Å². The van der Waals surface area contributed by atoms with Gasteiger partial charge in [-0.05, 0) is 24.1 Å². The minimum atomic E-state index is -0.347. The van der Waals surface area contributed by atoms with E-state index >= 15 is 0 Å². The molecule has 0 aliphatic rings. The Morgan fingerprint density at radius 2 is 1.84 bits per heavy atom. The van der Waals surface area contributed by atoms with Gasteiger partial charge in [0.1, 0.15) is 0 Å². The lowest BCUT2D eigenvalue weighted by molar-refractivity contribution is -0.136. The predicted molar refractivity (Wildman–Crippen MR) is 78.0 cm³/mol. The molecule has 0 aromatic heterocycles. The van der Waals surface area contributed by atoms with Gasteiger partial charge in [-0.2, -0.15) is 5.26 Å². The van der Waals surface area contributed by atoms with Crippen LogP contribution in [0.1, 0.15) is 18.1 Å². The van der Waals surface area contributed by atoms with Gasteiger partial charge in [0.2, 0.25) is 0 Å². The molecule has 0 aliphatic carbocycles. The van der Waals surface area contributed by atoms with Gasteiger partial charge in [-0.15, -0.1) is 0 Å². The molecule has 1 rings (SSSR count). The second-order valence-corrected chi connectivity index (χ2v) is 3.61. The molecule has 0 N–H and O–H groups in total. The summed E-state index contributed by atoms with van der Waals surface area (Å²) in [6, 6.07) is 9.77. The summed E-state index contributed by atoms with van der Waals surface area (Å²) in [6.07, 6.45) is 5.02. The van der Waals surface area contributed by atoms with Gasteiger partial charge in [0.25, 0.3) is 0 Å². The molecule has 1 aromatic rings. The highest BCUT2D eigenvalue weighted by Gasteiger charge is 1.95. The lowest BCUT2D eigenvalue weighted by Gasteiger charge is -1.93. The topological polar surface area (TPSA) is 50.1 Å². The zero-order valence-electron chi connectivity index (χ0n) is 11.2. The number of carbonyl (C=O) groups is 1. The molecule has 0 unspecified atom stereocenters. The summed E-state index contributed by atoms with van der Waals surface area (Å²) in [7, 11) is 1.33. The van der Waals surface area contributed by atoms with Gasteiger partial charge in [0.05, 0.1) is 13.2 Å². The van der Waals surface area contributed by atoms with Gasteiger partial charge in [-0.3, -0.25) is 0 Å². The number of nitrogens with zero attached hydrogens (tertiary/aromatic N) is 1. The fraction of sp³-hybridized carbons (Fsp3) is 0.125. The quantitative estimate of drug-likeness (QED) is 0.471. The Hall–Kier alpha value is -2.60. The first kappa shape index (κ1) is 16.4. The molecule has 3 nitrogen and oxygen atoms in total. The molecule has 0 aliphatic heterocycles. The van der Waals surface area contributed by atoms with E-state index in [1.165, 1.54) is 13.2 Å². The Bertz CT molecular complexity index is 505. The number of rotatable bonds is 3. The van der Waals surface area contributed by atoms with E-state index in [2.05, 4.69) is 17.9 Å². The molecular weight excluding hydrogens is 238 g/mol. The number of benzene rings is 1. The third kappa shape index (κ3) is 7.35. The second kappa shape index (κ2) is 9.43. The highest BCUT2D eigenvalue weighted by molar-refractivity contribution is 5.86. The molecule has 0 fully saturated rings. The smallest absolute Gasteiger partial charge is 0.332 e. The number of hydrogen-bond donors (Lipinski definition) is 0. The highest BCUT2D eigenvalue weighted by atomic mass is 16.5. The van der Waals surface area contributed by atoms with Gasteiger partial charge < -0.3 is 4.74 Å². The third-order valence-corrected chi connectivity index (χ3v) is 2.06. The summed E-state index contributed by atoms with van der Waals surface area (Å²) in [5.74, 6) is -0.347. The van der Waals surface area contributed by atoms with Crippen molar-refractivity contribution < 1.29 is 9.53 Å². The van der Waals surface area contributed by atoms with Crippen molar-refractivity contribution in [2.75, 3.05) is 7.11 Å². The maximum absolute atomic E-state index is 10.2. The largest absolute Gasteiger partial charge is 0.466 e. The number of carbonyl (C=O) groups excluding carboxylic acids is 1. The van der Waals surface area contributed by atoms with E-state index in [0.29, 0.717) is 5.57 Å². The first-order valence-corrected chi connectivity index (χ1v) is 5.57. The van der Waals surface area contributed by atoms with Crippen LogP contribution in [0.2, 0.25) is 0 Å². The molecule has 0 bridgehead atoms.